The average Bonchev–Trinajstić information content (AvgIpc) is 2.98. The maximum Gasteiger partial charge on any atom is 0.140 e. The van der Waals surface area contributed by atoms with E-state index in [2.05, 4.69) is 37.5 Å². The zero-order valence-electron chi connectivity index (χ0n) is 23.4. The Labute approximate surface area is 234 Å². The molecule has 0 saturated heterocycles. The number of hydrogen-bond donors (Lipinski definition) is 1. The Morgan fingerprint density at radius 1 is 0.897 bits per heavy atom. The van der Waals surface area contributed by atoms with Gasteiger partial charge in [-0.2, -0.15) is 0 Å². The normalized spacial score (nSPS) is 12.2. The Bertz CT molecular complexity index is 1170. The van der Waals surface area contributed by atoms with Gasteiger partial charge in [-0.1, -0.05) is 92.8 Å². The third-order valence-corrected chi connectivity index (χ3v) is 6.65. The molecule has 0 fully saturated rings. The number of allylic oxidation sites excluding steroid dienone is 1. The third kappa shape index (κ3) is 10.3. The van der Waals surface area contributed by atoms with Crippen LogP contribution in [0.5, 0.6) is 11.5 Å². The van der Waals surface area contributed by atoms with Crippen molar-refractivity contribution in [2.24, 2.45) is 0 Å². The molecule has 0 radical (unpaired) electrons. The van der Waals surface area contributed by atoms with Crippen molar-refractivity contribution < 1.29 is 19.3 Å². The van der Waals surface area contributed by atoms with Crippen LogP contribution in [-0.4, -0.2) is 18.3 Å². The average molecular weight is 527 g/mol. The first kappa shape index (κ1) is 30.0. The second-order valence-electron chi connectivity index (χ2n) is 9.63. The van der Waals surface area contributed by atoms with Crippen LogP contribution in [0.3, 0.4) is 0 Å². The van der Waals surface area contributed by atoms with Crippen molar-refractivity contribution in [2.75, 3.05) is 7.11 Å². The first-order valence-electron chi connectivity index (χ1n) is 13.9. The van der Waals surface area contributed by atoms with Gasteiger partial charge >= 0.3 is 0 Å². The number of unbranched alkanes of at least 4 members (excludes halogenated alkanes) is 2. The van der Waals surface area contributed by atoms with Crippen LogP contribution in [-0.2, 0) is 24.4 Å². The molecule has 2 unspecified atom stereocenters. The van der Waals surface area contributed by atoms with E-state index in [0.29, 0.717) is 26.1 Å². The van der Waals surface area contributed by atoms with Crippen LogP contribution in [0.1, 0.15) is 73.8 Å². The first-order valence-corrected chi connectivity index (χ1v) is 13.9. The molecule has 0 aliphatic carbocycles. The molecule has 0 bridgehead atoms. The van der Waals surface area contributed by atoms with Gasteiger partial charge in [0.2, 0.25) is 0 Å². The first-order chi connectivity index (χ1) is 19.1. The standard InChI is InChI=1S/C35H42O4/c1-4-6-8-17-31(38-26-28-15-9-7-10-16-28)18-11-12-20-34(36)32-19-13-21-35(33(32)14-5-2)39-27-29-22-24-30(37-3)25-23-29/h5,7,9-10,13,15-16,19,21-25,31,34,36H,2,4,6,8,11,14,17-18,26-27H2,1,3H3. The SMILES string of the molecule is C=CCc1c(OCc2ccc(OC)cc2)cccc1C(O)C#CCCC(CCCCC)OCc1ccccc1. The summed E-state index contributed by atoms with van der Waals surface area (Å²) in [4.78, 5) is 0. The largest absolute Gasteiger partial charge is 0.497 e. The minimum absolute atomic E-state index is 0.161. The molecule has 1 N–H and O–H groups in total. The van der Waals surface area contributed by atoms with Crippen LogP contribution in [0, 0.1) is 11.8 Å². The Kier molecular flexibility index (Phi) is 13.2. The number of aliphatic hydroxyl groups is 1. The van der Waals surface area contributed by atoms with E-state index in [1.165, 1.54) is 18.4 Å². The van der Waals surface area contributed by atoms with E-state index in [0.717, 1.165) is 47.5 Å². The lowest BCUT2D eigenvalue weighted by molar-refractivity contribution is 0.0288. The Morgan fingerprint density at radius 2 is 1.67 bits per heavy atom. The Hall–Kier alpha value is -3.52. The molecule has 0 saturated carbocycles. The zero-order chi connectivity index (χ0) is 27.7. The van der Waals surface area contributed by atoms with Gasteiger partial charge in [-0.25, -0.2) is 0 Å². The van der Waals surface area contributed by atoms with Crippen LogP contribution < -0.4 is 9.47 Å². The maximum absolute atomic E-state index is 11.0. The molecule has 0 spiro atoms. The Morgan fingerprint density at radius 3 is 2.38 bits per heavy atom. The molecule has 39 heavy (non-hydrogen) atoms. The molecule has 0 aliphatic rings. The predicted molar refractivity (Wildman–Crippen MR) is 159 cm³/mol. The maximum atomic E-state index is 11.0. The number of rotatable bonds is 16. The fourth-order valence-corrected chi connectivity index (χ4v) is 4.42. The van der Waals surface area contributed by atoms with Crippen LogP contribution in [0.15, 0.2) is 85.5 Å². The molecule has 0 amide bonds. The quantitative estimate of drug-likeness (QED) is 0.117. The molecule has 0 aliphatic heterocycles. The van der Waals surface area contributed by atoms with E-state index in [4.69, 9.17) is 14.2 Å². The van der Waals surface area contributed by atoms with Gasteiger partial charge in [-0.3, -0.25) is 0 Å². The van der Waals surface area contributed by atoms with Crippen molar-refractivity contribution in [3.63, 3.8) is 0 Å². The van der Waals surface area contributed by atoms with E-state index in [1.54, 1.807) is 7.11 Å². The highest BCUT2D eigenvalue weighted by Crippen LogP contribution is 2.29. The molecule has 3 rings (SSSR count). The summed E-state index contributed by atoms with van der Waals surface area (Å²) in [5, 5.41) is 11.0. The fraction of sp³-hybridized carbons (Fsp3) is 0.371. The lowest BCUT2D eigenvalue weighted by Gasteiger charge is -2.17. The summed E-state index contributed by atoms with van der Waals surface area (Å²) in [6, 6.07) is 23.8. The molecule has 4 nitrogen and oxygen atoms in total. The highest BCUT2D eigenvalue weighted by atomic mass is 16.5. The van der Waals surface area contributed by atoms with Crippen LogP contribution in [0.4, 0.5) is 0 Å². The topological polar surface area (TPSA) is 47.9 Å². The molecule has 0 aromatic heterocycles. The van der Waals surface area contributed by atoms with Crippen molar-refractivity contribution in [3.05, 3.63) is 108 Å². The van der Waals surface area contributed by atoms with Gasteiger partial charge in [-0.15, -0.1) is 12.5 Å². The second kappa shape index (κ2) is 17.1. The molecule has 206 valence electrons. The minimum Gasteiger partial charge on any atom is -0.497 e. The highest BCUT2D eigenvalue weighted by molar-refractivity contribution is 5.45. The van der Waals surface area contributed by atoms with E-state index in [1.807, 2.05) is 66.7 Å². The van der Waals surface area contributed by atoms with Gasteiger partial charge in [0.25, 0.3) is 0 Å². The van der Waals surface area contributed by atoms with E-state index in [9.17, 15) is 5.11 Å². The fourth-order valence-electron chi connectivity index (χ4n) is 4.42. The minimum atomic E-state index is -0.895. The lowest BCUT2D eigenvalue weighted by Crippen LogP contribution is -2.13. The molecular formula is C35H42O4. The van der Waals surface area contributed by atoms with Crippen LogP contribution in [0.25, 0.3) is 0 Å². The highest BCUT2D eigenvalue weighted by Gasteiger charge is 2.15. The van der Waals surface area contributed by atoms with Gasteiger partial charge in [0.05, 0.1) is 19.8 Å². The summed E-state index contributed by atoms with van der Waals surface area (Å²) < 4.78 is 17.6. The van der Waals surface area contributed by atoms with Gasteiger partial charge in [0.1, 0.15) is 24.2 Å². The molecule has 4 heteroatoms. The summed E-state index contributed by atoms with van der Waals surface area (Å²) in [5.74, 6) is 7.80. The van der Waals surface area contributed by atoms with E-state index < -0.39 is 6.10 Å². The van der Waals surface area contributed by atoms with E-state index >= 15 is 0 Å². The van der Waals surface area contributed by atoms with Gasteiger partial charge in [0.15, 0.2) is 0 Å². The molecule has 2 atom stereocenters. The summed E-state index contributed by atoms with van der Waals surface area (Å²) >= 11 is 0. The van der Waals surface area contributed by atoms with Crippen molar-refractivity contribution in [1.82, 2.24) is 0 Å². The lowest BCUT2D eigenvalue weighted by atomic mass is 9.98. The van der Waals surface area contributed by atoms with Gasteiger partial charge in [0, 0.05) is 12.0 Å². The van der Waals surface area contributed by atoms with Crippen molar-refractivity contribution in [1.29, 1.82) is 0 Å². The van der Waals surface area contributed by atoms with Crippen molar-refractivity contribution in [2.45, 2.75) is 77.3 Å². The van der Waals surface area contributed by atoms with Crippen molar-refractivity contribution in [3.8, 4) is 23.3 Å². The van der Waals surface area contributed by atoms with Crippen molar-refractivity contribution >= 4 is 0 Å². The number of ether oxygens (including phenoxy) is 3. The summed E-state index contributed by atoms with van der Waals surface area (Å²) in [6.07, 6.45) is 7.77. The monoisotopic (exact) mass is 526 g/mol. The summed E-state index contributed by atoms with van der Waals surface area (Å²) in [6.45, 7) is 7.14. The molecular weight excluding hydrogens is 484 g/mol. The molecule has 0 heterocycles. The number of methoxy groups -OCH3 is 1. The Balaban J connectivity index is 1.61. The van der Waals surface area contributed by atoms with Gasteiger partial charge in [-0.05, 0) is 54.2 Å². The predicted octanol–water partition coefficient (Wildman–Crippen LogP) is 7.99. The summed E-state index contributed by atoms with van der Waals surface area (Å²) in [5.41, 5.74) is 3.89. The zero-order valence-corrected chi connectivity index (χ0v) is 23.4. The van der Waals surface area contributed by atoms with Crippen LogP contribution in [0.2, 0.25) is 0 Å². The number of benzene rings is 3. The second-order valence-corrected chi connectivity index (χ2v) is 9.63. The van der Waals surface area contributed by atoms with Gasteiger partial charge < -0.3 is 19.3 Å². The molecule has 3 aromatic rings. The summed E-state index contributed by atoms with van der Waals surface area (Å²) in [7, 11) is 1.65. The third-order valence-electron chi connectivity index (χ3n) is 6.65. The van der Waals surface area contributed by atoms with Crippen LogP contribution >= 0.6 is 0 Å². The molecule has 3 aromatic carbocycles. The number of hydrogen-bond acceptors (Lipinski definition) is 4. The number of aliphatic hydroxyl groups excluding tert-OH is 1. The van der Waals surface area contributed by atoms with E-state index in [-0.39, 0.29) is 6.10 Å². The smallest absolute Gasteiger partial charge is 0.140 e.